The molecule has 0 saturated heterocycles. The molecule has 0 saturated carbocycles. The second-order valence-electron chi connectivity index (χ2n) is 15.6. The molecule has 2 aromatic rings. The van der Waals surface area contributed by atoms with E-state index in [2.05, 4.69) is 37.2 Å². The molecule has 4 rings (SSSR count). The van der Waals surface area contributed by atoms with Crippen LogP contribution in [0.15, 0.2) is 63.8 Å². The fourth-order valence-corrected chi connectivity index (χ4v) is 6.70. The second kappa shape index (κ2) is 24.8. The molecular weight excluding hydrogens is 929 g/mol. The topological polar surface area (TPSA) is 422 Å². The maximum absolute atomic E-state index is 13.3. The van der Waals surface area contributed by atoms with E-state index in [1.807, 2.05) is 5.32 Å². The van der Waals surface area contributed by atoms with Crippen molar-refractivity contribution < 1.29 is 83.3 Å². The van der Waals surface area contributed by atoms with Crippen LogP contribution in [-0.2, 0) is 44.8 Å². The van der Waals surface area contributed by atoms with Crippen LogP contribution < -0.4 is 48.0 Å². The smallest absolute Gasteiger partial charge is 0.336 e. The highest BCUT2D eigenvalue weighted by atomic mass is 16.4. The summed E-state index contributed by atoms with van der Waals surface area (Å²) in [6.07, 6.45) is -2.15. The van der Waals surface area contributed by atoms with E-state index in [0.29, 0.717) is 16.5 Å². The third-order valence-electron chi connectivity index (χ3n) is 10.4. The molecule has 70 heavy (non-hydrogen) atoms. The van der Waals surface area contributed by atoms with Gasteiger partial charge in [-0.05, 0) is 61.4 Å². The molecule has 15 N–H and O–H groups in total. The predicted molar refractivity (Wildman–Crippen MR) is 241 cm³/mol. The molecule has 7 atom stereocenters. The maximum atomic E-state index is 13.3. The van der Waals surface area contributed by atoms with Gasteiger partial charge in [-0.15, -0.1) is 0 Å². The zero-order chi connectivity index (χ0) is 52.0. The van der Waals surface area contributed by atoms with Crippen LogP contribution in [0.1, 0.15) is 29.8 Å². The standard InChI is InChI=1S/C44H52N8O18/c1-19(38(62)52-37(20(2)57)43(67)51-31(18-56)42(66)50-30(17-55)41(65)49-28(15-53)39(63)46-14-35(61)45-3)47-40(64)29(16-54)48-34(60)11-21-4-7-24(44(68)69)27(10-21)36-25-8-5-22(58)12-32(25)70-33-13-23(59)6-9-26(33)36/h4-10,12-13,19-20,28-31,37,53-58H,11,14-18H2,1-3H3,(H,45,61)(H,46,63)(H,47,64)(H,48,60)(H,49,65)(H,50,66)(H,51,67)(H,52,62)(H,68,69). The van der Waals surface area contributed by atoms with Crippen molar-refractivity contribution in [2.75, 3.05) is 40.0 Å². The number of aliphatic hydroxyl groups is 5. The van der Waals surface area contributed by atoms with Crippen molar-refractivity contribution in [3.8, 4) is 28.2 Å². The number of phenolic OH excluding ortho intramolecular Hbond substituents is 1. The minimum absolute atomic E-state index is 0.0840. The number of aromatic carboxylic acids is 1. The molecule has 1 aliphatic heterocycles. The van der Waals surface area contributed by atoms with Crippen LogP contribution in [-0.4, -0.2) is 171 Å². The lowest BCUT2D eigenvalue weighted by molar-refractivity contribution is -0.137. The van der Waals surface area contributed by atoms with Gasteiger partial charge in [0, 0.05) is 35.7 Å². The van der Waals surface area contributed by atoms with Crippen LogP contribution in [0.5, 0.6) is 5.75 Å². The first-order valence-corrected chi connectivity index (χ1v) is 21.1. The maximum Gasteiger partial charge on any atom is 0.336 e. The summed E-state index contributed by atoms with van der Waals surface area (Å²) < 4.78 is 5.85. The van der Waals surface area contributed by atoms with Crippen molar-refractivity contribution in [3.63, 3.8) is 0 Å². The van der Waals surface area contributed by atoms with Gasteiger partial charge in [0.25, 0.3) is 0 Å². The highest BCUT2D eigenvalue weighted by molar-refractivity contribution is 6.08. The van der Waals surface area contributed by atoms with Gasteiger partial charge in [0.1, 0.15) is 53.3 Å². The number of rotatable bonds is 23. The first kappa shape index (κ1) is 54.6. The Bertz CT molecular complexity index is 2650. The molecule has 26 heteroatoms. The number of nitrogens with one attached hydrogen (secondary N) is 8. The number of carbonyl (C=O) groups is 9. The van der Waals surface area contributed by atoms with Crippen molar-refractivity contribution in [1.82, 2.24) is 42.5 Å². The summed E-state index contributed by atoms with van der Waals surface area (Å²) in [6.45, 7) is -2.42. The predicted octanol–water partition coefficient (Wildman–Crippen LogP) is -5.35. The Hall–Kier alpha value is -8.04. The lowest BCUT2D eigenvalue weighted by Gasteiger charge is -2.26. The van der Waals surface area contributed by atoms with Gasteiger partial charge in [0.2, 0.25) is 47.3 Å². The minimum atomic E-state index is -1.87. The Labute approximate surface area is 396 Å². The molecule has 1 heterocycles. The number of benzene rings is 3. The lowest BCUT2D eigenvalue weighted by Crippen LogP contribution is -2.62. The van der Waals surface area contributed by atoms with Crippen molar-refractivity contribution in [3.05, 3.63) is 75.9 Å². The Kier molecular flexibility index (Phi) is 19.4. The van der Waals surface area contributed by atoms with Crippen LogP contribution >= 0.6 is 0 Å². The van der Waals surface area contributed by atoms with Gasteiger partial charge in [0.05, 0.1) is 51.1 Å². The number of aliphatic hydroxyl groups excluding tert-OH is 5. The van der Waals surface area contributed by atoms with E-state index in [-0.39, 0.29) is 33.8 Å². The van der Waals surface area contributed by atoms with Crippen LogP contribution in [0.4, 0.5) is 0 Å². The first-order valence-electron chi connectivity index (χ1n) is 21.1. The van der Waals surface area contributed by atoms with Crippen molar-refractivity contribution in [1.29, 1.82) is 0 Å². The molecule has 26 nitrogen and oxygen atoms in total. The number of carbonyl (C=O) groups excluding carboxylic acids is 8. The number of fused-ring (bicyclic) bond motifs is 2. The van der Waals surface area contributed by atoms with E-state index >= 15 is 0 Å². The van der Waals surface area contributed by atoms with E-state index in [4.69, 9.17) is 4.42 Å². The van der Waals surface area contributed by atoms with Gasteiger partial charge in [-0.3, -0.25) is 43.2 Å². The molecule has 376 valence electrons. The highest BCUT2D eigenvalue weighted by Crippen LogP contribution is 2.42. The largest absolute Gasteiger partial charge is 0.508 e. The fraction of sp³-hybridized carbons (Fsp3) is 0.364. The molecule has 8 amide bonds. The molecule has 0 aromatic heterocycles. The normalized spacial score (nSPS) is 14.1. The van der Waals surface area contributed by atoms with E-state index in [1.54, 1.807) is 0 Å². The molecule has 1 aliphatic carbocycles. The number of hydrogen-bond donors (Lipinski definition) is 15. The van der Waals surface area contributed by atoms with Crippen molar-refractivity contribution >= 4 is 64.2 Å². The van der Waals surface area contributed by atoms with Gasteiger partial charge in [-0.1, -0.05) is 6.07 Å². The number of amides is 8. The fourth-order valence-electron chi connectivity index (χ4n) is 6.70. The average molecular weight is 981 g/mol. The second-order valence-corrected chi connectivity index (χ2v) is 15.6. The molecule has 0 radical (unpaired) electrons. The van der Waals surface area contributed by atoms with Gasteiger partial charge in [-0.2, -0.15) is 0 Å². The number of carboxylic acid groups (broad SMARTS) is 1. The molecule has 2 aromatic carbocycles. The number of aromatic hydroxyl groups is 1. The number of likely N-dealkylation sites (N-methyl/N-ethyl adjacent to an activating group) is 1. The molecule has 0 bridgehead atoms. The molecular formula is C44H52N8O18. The van der Waals surface area contributed by atoms with E-state index in [0.717, 1.165) is 13.8 Å². The van der Waals surface area contributed by atoms with Gasteiger partial charge in [-0.25, -0.2) is 4.79 Å². The molecule has 0 fully saturated rings. The van der Waals surface area contributed by atoms with Crippen LogP contribution in [0.2, 0.25) is 0 Å². The molecule has 0 spiro atoms. The zero-order valence-corrected chi connectivity index (χ0v) is 37.6. The zero-order valence-electron chi connectivity index (χ0n) is 37.6. The monoisotopic (exact) mass is 980 g/mol. The number of carboxylic acids is 1. The van der Waals surface area contributed by atoms with Crippen molar-refractivity contribution in [2.24, 2.45) is 0 Å². The number of hydrogen-bond acceptors (Lipinski definition) is 17. The summed E-state index contributed by atoms with van der Waals surface area (Å²) in [5, 5.41) is 87.5. The average Bonchev–Trinajstić information content (AvgIpc) is 3.32. The highest BCUT2D eigenvalue weighted by Gasteiger charge is 2.34. The van der Waals surface area contributed by atoms with E-state index in [1.165, 1.54) is 61.6 Å². The Morgan fingerprint density at radius 1 is 0.614 bits per heavy atom. The molecule has 7 unspecified atom stereocenters. The van der Waals surface area contributed by atoms with Crippen LogP contribution in [0.3, 0.4) is 0 Å². The van der Waals surface area contributed by atoms with Gasteiger partial charge >= 0.3 is 5.97 Å². The summed E-state index contributed by atoms with van der Waals surface area (Å²) in [4.78, 5) is 127. The number of phenols is 1. The summed E-state index contributed by atoms with van der Waals surface area (Å²) in [7, 11) is 1.30. The Morgan fingerprint density at radius 2 is 1.19 bits per heavy atom. The van der Waals surface area contributed by atoms with Crippen molar-refractivity contribution in [2.45, 2.75) is 62.6 Å². The SMILES string of the molecule is CNC(=O)CNC(=O)C(CO)NC(=O)C(CO)NC(=O)C(CO)NC(=O)C(NC(=O)C(C)NC(=O)C(CO)NC(=O)Cc1ccc(C(=O)O)c(-c2c3ccc(=O)cc-3oc3cc(O)ccc23)c1)C(C)O. The lowest BCUT2D eigenvalue weighted by atomic mass is 9.89. The molecule has 2 aliphatic rings. The van der Waals surface area contributed by atoms with E-state index < -0.39 is 140 Å². The summed E-state index contributed by atoms with van der Waals surface area (Å²) in [6, 6.07) is 1.65. The summed E-state index contributed by atoms with van der Waals surface area (Å²) in [5.41, 5.74) is 0.507. The quantitative estimate of drug-likeness (QED) is 0.0309. The summed E-state index contributed by atoms with van der Waals surface area (Å²) in [5.74, 6) is -9.75. The Morgan fingerprint density at radius 3 is 1.76 bits per heavy atom. The third kappa shape index (κ3) is 14.0. The Balaban J connectivity index is 1.40. The van der Waals surface area contributed by atoms with Gasteiger partial charge in [0.15, 0.2) is 5.43 Å². The third-order valence-corrected chi connectivity index (χ3v) is 10.4. The first-order chi connectivity index (χ1) is 33.2. The van der Waals surface area contributed by atoms with Crippen LogP contribution in [0.25, 0.3) is 33.4 Å². The van der Waals surface area contributed by atoms with E-state index in [9.17, 15) is 83.7 Å². The minimum Gasteiger partial charge on any atom is -0.508 e. The van der Waals surface area contributed by atoms with Gasteiger partial charge < -0.3 is 82.7 Å². The van der Waals surface area contributed by atoms with Crippen LogP contribution in [0, 0.1) is 0 Å². The summed E-state index contributed by atoms with van der Waals surface area (Å²) >= 11 is 0.